The first-order valence-corrected chi connectivity index (χ1v) is 9.25. The molecular formula is C21H21N3O4. The summed E-state index contributed by atoms with van der Waals surface area (Å²) >= 11 is 0. The second-order valence-corrected chi connectivity index (χ2v) is 6.74. The molecule has 7 nitrogen and oxygen atoms in total. The van der Waals surface area contributed by atoms with Crippen molar-refractivity contribution in [3.8, 4) is 11.5 Å². The lowest BCUT2D eigenvalue weighted by molar-refractivity contribution is -0.130. The van der Waals surface area contributed by atoms with E-state index < -0.39 is 6.10 Å². The average molecular weight is 379 g/mol. The van der Waals surface area contributed by atoms with Crippen LogP contribution in [-0.4, -0.2) is 36.8 Å². The molecule has 4 rings (SSSR count). The summed E-state index contributed by atoms with van der Waals surface area (Å²) in [4.78, 5) is 26.1. The Morgan fingerprint density at radius 1 is 1.18 bits per heavy atom. The number of nitrogens with zero attached hydrogens (tertiary/aromatic N) is 2. The van der Waals surface area contributed by atoms with Crippen LogP contribution >= 0.6 is 0 Å². The van der Waals surface area contributed by atoms with Gasteiger partial charge in [-0.2, -0.15) is 5.10 Å². The van der Waals surface area contributed by atoms with Crippen LogP contribution in [-0.2, 0) is 9.59 Å². The lowest BCUT2D eigenvalue weighted by Gasteiger charge is -2.24. The highest BCUT2D eigenvalue weighted by Crippen LogP contribution is 2.30. The number of anilines is 1. The van der Waals surface area contributed by atoms with Gasteiger partial charge in [0.05, 0.1) is 5.71 Å². The van der Waals surface area contributed by atoms with Crippen LogP contribution in [0.5, 0.6) is 11.5 Å². The molecule has 1 fully saturated rings. The summed E-state index contributed by atoms with van der Waals surface area (Å²) < 4.78 is 11.2. The number of amides is 2. The first kappa shape index (κ1) is 18.0. The summed E-state index contributed by atoms with van der Waals surface area (Å²) in [5.74, 6) is 0.923. The molecule has 0 spiro atoms. The molecule has 1 saturated heterocycles. The number of fused-ring (bicyclic) bond motifs is 1. The monoisotopic (exact) mass is 379 g/mol. The number of hydrogen-bond donors (Lipinski definition) is 1. The van der Waals surface area contributed by atoms with Crippen LogP contribution in [0.1, 0.15) is 25.3 Å². The zero-order valence-electron chi connectivity index (χ0n) is 15.6. The van der Waals surface area contributed by atoms with Crippen LogP contribution in [0.25, 0.3) is 0 Å². The molecule has 0 aromatic heterocycles. The van der Waals surface area contributed by atoms with E-state index >= 15 is 0 Å². The zero-order chi connectivity index (χ0) is 19.5. The first-order valence-electron chi connectivity index (χ1n) is 9.25. The van der Waals surface area contributed by atoms with Crippen molar-refractivity contribution in [1.29, 1.82) is 0 Å². The molecule has 28 heavy (non-hydrogen) atoms. The van der Waals surface area contributed by atoms with Crippen LogP contribution in [0.15, 0.2) is 53.6 Å². The smallest absolute Gasteiger partial charge is 0.284 e. The number of para-hydroxylation sites is 2. The molecule has 0 aliphatic carbocycles. The van der Waals surface area contributed by atoms with Crippen molar-refractivity contribution in [3.05, 3.63) is 54.1 Å². The fraction of sp³-hybridized carbons (Fsp3) is 0.286. The maximum absolute atomic E-state index is 12.4. The molecule has 2 amide bonds. The summed E-state index contributed by atoms with van der Waals surface area (Å²) in [5.41, 5.74) is 4.87. The molecule has 0 radical (unpaired) electrons. The van der Waals surface area contributed by atoms with Crippen molar-refractivity contribution in [2.45, 2.75) is 25.9 Å². The summed E-state index contributed by atoms with van der Waals surface area (Å²) in [6.45, 7) is 2.67. The van der Waals surface area contributed by atoms with Crippen molar-refractivity contribution in [1.82, 2.24) is 5.43 Å². The highest BCUT2D eigenvalue weighted by molar-refractivity contribution is 6.02. The van der Waals surface area contributed by atoms with Crippen molar-refractivity contribution < 1.29 is 19.1 Å². The van der Waals surface area contributed by atoms with Crippen LogP contribution in [0, 0.1) is 0 Å². The molecule has 0 saturated carbocycles. The van der Waals surface area contributed by atoms with Gasteiger partial charge in [-0.05, 0) is 43.2 Å². The summed E-state index contributed by atoms with van der Waals surface area (Å²) in [7, 11) is 0. The summed E-state index contributed by atoms with van der Waals surface area (Å²) in [5, 5.41) is 4.19. The Hall–Kier alpha value is -3.35. The Labute approximate surface area is 162 Å². The molecular weight excluding hydrogens is 358 g/mol. The minimum absolute atomic E-state index is 0.129. The molecule has 2 aliphatic heterocycles. The third kappa shape index (κ3) is 3.69. The topological polar surface area (TPSA) is 80.2 Å². The van der Waals surface area contributed by atoms with Gasteiger partial charge in [0.1, 0.15) is 6.61 Å². The second kappa shape index (κ2) is 7.72. The minimum atomic E-state index is -0.764. The van der Waals surface area contributed by atoms with E-state index in [0.29, 0.717) is 23.6 Å². The summed E-state index contributed by atoms with van der Waals surface area (Å²) in [6, 6.07) is 14.8. The van der Waals surface area contributed by atoms with Crippen LogP contribution in [0.4, 0.5) is 5.69 Å². The highest BCUT2D eigenvalue weighted by atomic mass is 16.6. The SMILES string of the molecule is C/C(=N/NC(=O)[C@H]1COc2ccccc2O1)c1cccc(N2CCCC2=O)c1. The third-order valence-electron chi connectivity index (χ3n) is 4.78. The standard InChI is InChI=1S/C21H21N3O4/c1-14(15-6-4-7-16(12-15)24-11-5-10-20(24)25)22-23-21(26)19-13-27-17-8-2-3-9-18(17)28-19/h2-4,6-9,12,19H,5,10-11,13H2,1H3,(H,23,26)/b22-14-/t19-/m1/s1. The van der Waals surface area contributed by atoms with Crippen molar-refractivity contribution >= 4 is 23.2 Å². The minimum Gasteiger partial charge on any atom is -0.485 e. The Morgan fingerprint density at radius 2 is 2.00 bits per heavy atom. The van der Waals surface area contributed by atoms with E-state index in [-0.39, 0.29) is 18.4 Å². The van der Waals surface area contributed by atoms with E-state index in [0.717, 1.165) is 24.2 Å². The molecule has 2 aromatic carbocycles. The van der Waals surface area contributed by atoms with Gasteiger partial charge in [0.15, 0.2) is 11.5 Å². The van der Waals surface area contributed by atoms with E-state index in [2.05, 4.69) is 10.5 Å². The van der Waals surface area contributed by atoms with Gasteiger partial charge in [-0.25, -0.2) is 5.43 Å². The predicted molar refractivity (Wildman–Crippen MR) is 105 cm³/mol. The maximum Gasteiger partial charge on any atom is 0.284 e. The van der Waals surface area contributed by atoms with Gasteiger partial charge >= 0.3 is 0 Å². The Morgan fingerprint density at radius 3 is 2.79 bits per heavy atom. The fourth-order valence-electron chi connectivity index (χ4n) is 3.24. The molecule has 2 aliphatic rings. The van der Waals surface area contributed by atoms with E-state index in [4.69, 9.17) is 9.47 Å². The molecule has 1 atom stereocenters. The van der Waals surface area contributed by atoms with Crippen molar-refractivity contribution in [2.24, 2.45) is 5.10 Å². The average Bonchev–Trinajstić information content (AvgIpc) is 3.17. The van der Waals surface area contributed by atoms with Gasteiger partial charge in [-0.1, -0.05) is 24.3 Å². The molecule has 0 unspecified atom stereocenters. The lowest BCUT2D eigenvalue weighted by Crippen LogP contribution is -2.42. The van der Waals surface area contributed by atoms with Gasteiger partial charge in [-0.15, -0.1) is 0 Å². The number of benzene rings is 2. The quantitative estimate of drug-likeness (QED) is 0.654. The second-order valence-electron chi connectivity index (χ2n) is 6.74. The first-order chi connectivity index (χ1) is 13.6. The molecule has 2 heterocycles. The third-order valence-corrected chi connectivity index (χ3v) is 4.78. The number of rotatable bonds is 4. The van der Waals surface area contributed by atoms with Gasteiger partial charge in [0.2, 0.25) is 12.0 Å². The lowest BCUT2D eigenvalue weighted by atomic mass is 10.1. The Balaban J connectivity index is 1.42. The zero-order valence-corrected chi connectivity index (χ0v) is 15.6. The van der Waals surface area contributed by atoms with Crippen LogP contribution in [0.2, 0.25) is 0 Å². The van der Waals surface area contributed by atoms with Crippen LogP contribution < -0.4 is 19.8 Å². The predicted octanol–water partition coefficient (Wildman–Crippen LogP) is 2.49. The number of ether oxygens (including phenoxy) is 2. The molecule has 144 valence electrons. The number of carbonyl (C=O) groups excluding carboxylic acids is 2. The number of hydrazone groups is 1. The number of nitrogens with one attached hydrogen (secondary N) is 1. The van der Waals surface area contributed by atoms with Crippen LogP contribution in [0.3, 0.4) is 0 Å². The van der Waals surface area contributed by atoms with Gasteiger partial charge < -0.3 is 14.4 Å². The van der Waals surface area contributed by atoms with Gasteiger partial charge in [-0.3, -0.25) is 9.59 Å². The van der Waals surface area contributed by atoms with Gasteiger partial charge in [0.25, 0.3) is 5.91 Å². The van der Waals surface area contributed by atoms with E-state index in [1.165, 1.54) is 0 Å². The summed E-state index contributed by atoms with van der Waals surface area (Å²) in [6.07, 6.45) is 0.693. The Kier molecular flexibility index (Phi) is 4.97. The number of carbonyl (C=O) groups is 2. The van der Waals surface area contributed by atoms with E-state index in [1.807, 2.05) is 36.4 Å². The van der Waals surface area contributed by atoms with E-state index in [1.54, 1.807) is 24.0 Å². The molecule has 7 heteroatoms. The largest absolute Gasteiger partial charge is 0.485 e. The molecule has 0 bridgehead atoms. The Bertz CT molecular complexity index is 941. The fourth-order valence-corrected chi connectivity index (χ4v) is 3.24. The normalized spacial score (nSPS) is 18.9. The van der Waals surface area contributed by atoms with Crippen molar-refractivity contribution in [2.75, 3.05) is 18.1 Å². The van der Waals surface area contributed by atoms with Crippen molar-refractivity contribution in [3.63, 3.8) is 0 Å². The van der Waals surface area contributed by atoms with Gasteiger partial charge in [0, 0.05) is 18.7 Å². The van der Waals surface area contributed by atoms with E-state index in [9.17, 15) is 9.59 Å². The maximum atomic E-state index is 12.4. The number of hydrogen-bond acceptors (Lipinski definition) is 5. The molecule has 2 aromatic rings. The highest BCUT2D eigenvalue weighted by Gasteiger charge is 2.27. The molecule has 1 N–H and O–H groups in total.